The van der Waals surface area contributed by atoms with E-state index in [2.05, 4.69) is 10.6 Å². The van der Waals surface area contributed by atoms with Crippen LogP contribution in [0.4, 0.5) is 10.5 Å². The van der Waals surface area contributed by atoms with E-state index in [1.807, 2.05) is 30.3 Å². The Morgan fingerprint density at radius 3 is 2.71 bits per heavy atom. The van der Waals surface area contributed by atoms with Crippen molar-refractivity contribution in [3.8, 4) is 0 Å². The van der Waals surface area contributed by atoms with Crippen molar-refractivity contribution >= 4 is 23.5 Å². The van der Waals surface area contributed by atoms with Crippen molar-refractivity contribution in [2.24, 2.45) is 0 Å². The van der Waals surface area contributed by atoms with Gasteiger partial charge in [0, 0.05) is 38.8 Å². The molecule has 4 amide bonds. The minimum Gasteiger partial charge on any atom is -0.376 e. The summed E-state index contributed by atoms with van der Waals surface area (Å²) in [5.74, 6) is -0.692. The monoisotopic (exact) mass is 519 g/mol. The van der Waals surface area contributed by atoms with Gasteiger partial charge in [-0.15, -0.1) is 0 Å². The molecule has 11 nitrogen and oxygen atoms in total. The zero-order valence-corrected chi connectivity index (χ0v) is 21.0. The van der Waals surface area contributed by atoms with Crippen LogP contribution < -0.4 is 10.6 Å². The number of hydrogen-bond acceptors (Lipinski definition) is 6. The second-order valence-corrected chi connectivity index (χ2v) is 9.67. The van der Waals surface area contributed by atoms with Crippen molar-refractivity contribution in [2.75, 3.05) is 26.7 Å². The van der Waals surface area contributed by atoms with Crippen molar-refractivity contribution in [1.82, 2.24) is 20.4 Å². The summed E-state index contributed by atoms with van der Waals surface area (Å²) in [7, 11) is 1.56. The Morgan fingerprint density at radius 2 is 2.00 bits per heavy atom. The summed E-state index contributed by atoms with van der Waals surface area (Å²) in [6.07, 6.45) is 2.05. The third kappa shape index (κ3) is 4.97. The Balaban J connectivity index is 1.45. The van der Waals surface area contributed by atoms with Gasteiger partial charge in [0.05, 0.1) is 34.9 Å². The van der Waals surface area contributed by atoms with E-state index >= 15 is 0 Å². The van der Waals surface area contributed by atoms with Gasteiger partial charge in [0.1, 0.15) is 6.04 Å². The van der Waals surface area contributed by atoms with Crippen LogP contribution in [0.5, 0.6) is 0 Å². The van der Waals surface area contributed by atoms with Crippen LogP contribution in [-0.2, 0) is 20.7 Å². The molecule has 0 unspecified atom stereocenters. The molecule has 11 heteroatoms. The summed E-state index contributed by atoms with van der Waals surface area (Å²) >= 11 is 0. The number of nitro benzene ring substituents is 1. The Hall–Kier alpha value is -4.25. The first kappa shape index (κ1) is 25.4. The number of non-ortho nitro benzene ring substituents is 1. The number of ether oxygens (including phenoxy) is 1. The highest BCUT2D eigenvalue weighted by atomic mass is 16.6. The number of carbonyl (C=O) groups excluding carboxylic acids is 3. The van der Waals surface area contributed by atoms with Gasteiger partial charge < -0.3 is 20.3 Å². The Bertz CT molecular complexity index is 1290. The summed E-state index contributed by atoms with van der Waals surface area (Å²) in [4.78, 5) is 54.0. The van der Waals surface area contributed by atoms with Gasteiger partial charge in [0.25, 0.3) is 11.6 Å². The second-order valence-electron chi connectivity index (χ2n) is 9.67. The summed E-state index contributed by atoms with van der Waals surface area (Å²) in [5, 5.41) is 17.1. The van der Waals surface area contributed by atoms with Crippen molar-refractivity contribution in [3.63, 3.8) is 0 Å². The molecule has 2 aromatic carbocycles. The number of amides is 4. The molecule has 0 aliphatic carbocycles. The maximum absolute atomic E-state index is 13.9. The molecule has 198 valence electrons. The standard InChI is InChI=1S/C27H29N5O6/c1-30-22-16-31(21(13-17-7-3-2-4-8-17)25(33)28-15-20-11-6-12-38-20)26(34)23(22)24(29-27(30)35)18-9-5-10-19(14-18)32(36)37/h2-5,7-10,14,20-21,24H,6,11-13,15-16H2,1H3,(H,28,33)(H,29,35)/t20-,21-,24-/m1/s1. The number of urea groups is 1. The van der Waals surface area contributed by atoms with Crippen molar-refractivity contribution in [1.29, 1.82) is 0 Å². The first-order valence-corrected chi connectivity index (χ1v) is 12.6. The van der Waals surface area contributed by atoms with Gasteiger partial charge in [-0.3, -0.25) is 24.6 Å². The second kappa shape index (κ2) is 10.6. The first-order chi connectivity index (χ1) is 18.3. The van der Waals surface area contributed by atoms with Crippen LogP contribution in [-0.4, -0.2) is 71.5 Å². The lowest BCUT2D eigenvalue weighted by Crippen LogP contribution is -2.51. The van der Waals surface area contributed by atoms with Crippen molar-refractivity contribution in [2.45, 2.75) is 37.5 Å². The van der Waals surface area contributed by atoms with Gasteiger partial charge in [-0.25, -0.2) is 4.79 Å². The molecule has 3 aliphatic heterocycles. The smallest absolute Gasteiger partial charge is 0.322 e. The molecule has 0 aromatic heterocycles. The Kier molecular flexibility index (Phi) is 7.10. The summed E-state index contributed by atoms with van der Waals surface area (Å²) in [5.41, 5.74) is 1.94. The number of nitrogens with one attached hydrogen (secondary N) is 2. The Morgan fingerprint density at radius 1 is 1.21 bits per heavy atom. The molecular formula is C27H29N5O6. The predicted octanol–water partition coefficient (Wildman–Crippen LogP) is 2.29. The van der Waals surface area contributed by atoms with E-state index in [9.17, 15) is 24.5 Å². The molecule has 2 aromatic rings. The van der Waals surface area contributed by atoms with Crippen LogP contribution in [0.2, 0.25) is 0 Å². The molecule has 3 aliphatic rings. The molecule has 0 bridgehead atoms. The number of carbonyl (C=O) groups is 3. The van der Waals surface area contributed by atoms with Crippen molar-refractivity contribution < 1.29 is 24.0 Å². The number of nitro groups is 1. The molecule has 2 N–H and O–H groups in total. The van der Waals surface area contributed by atoms with Crippen LogP contribution in [0.25, 0.3) is 0 Å². The van der Waals surface area contributed by atoms with Crippen LogP contribution >= 0.6 is 0 Å². The van der Waals surface area contributed by atoms with Gasteiger partial charge in [-0.2, -0.15) is 0 Å². The van der Waals surface area contributed by atoms with E-state index in [0.717, 1.165) is 18.4 Å². The number of rotatable bonds is 8. The summed E-state index contributed by atoms with van der Waals surface area (Å²) in [6, 6.07) is 13.2. The zero-order valence-electron chi connectivity index (χ0n) is 21.0. The third-order valence-corrected chi connectivity index (χ3v) is 7.28. The van der Waals surface area contributed by atoms with E-state index < -0.39 is 28.9 Å². The molecule has 1 saturated heterocycles. The van der Waals surface area contributed by atoms with Gasteiger partial charge >= 0.3 is 6.03 Å². The Labute approximate surface area is 219 Å². The maximum atomic E-state index is 13.9. The molecule has 0 radical (unpaired) electrons. The SMILES string of the molecule is CN1C(=O)N[C@H](c2cccc([N+](=O)[O-])c2)C2=C1CN([C@H](Cc1ccccc1)C(=O)NC[C@H]1CCCO1)C2=O. The normalized spacial score (nSPS) is 21.8. The molecule has 38 heavy (non-hydrogen) atoms. The van der Waals surface area contributed by atoms with E-state index in [4.69, 9.17) is 4.74 Å². The fourth-order valence-electron chi connectivity index (χ4n) is 5.23. The number of hydrogen-bond donors (Lipinski definition) is 2. The van der Waals surface area contributed by atoms with Crippen LogP contribution in [0.3, 0.4) is 0 Å². The molecule has 3 heterocycles. The molecule has 5 rings (SSSR count). The minimum absolute atomic E-state index is 0.0526. The van der Waals surface area contributed by atoms with E-state index in [1.165, 1.54) is 28.0 Å². The van der Waals surface area contributed by atoms with Gasteiger partial charge in [-0.1, -0.05) is 42.5 Å². The quantitative estimate of drug-likeness (QED) is 0.406. The topological polar surface area (TPSA) is 134 Å². The van der Waals surface area contributed by atoms with E-state index in [-0.39, 0.29) is 30.7 Å². The van der Waals surface area contributed by atoms with E-state index in [0.29, 0.717) is 30.0 Å². The molecular weight excluding hydrogens is 490 g/mol. The van der Waals surface area contributed by atoms with Crippen LogP contribution in [0.1, 0.15) is 30.0 Å². The summed E-state index contributed by atoms with van der Waals surface area (Å²) < 4.78 is 5.64. The van der Waals surface area contributed by atoms with Crippen molar-refractivity contribution in [3.05, 3.63) is 87.1 Å². The third-order valence-electron chi connectivity index (χ3n) is 7.28. The molecule has 0 saturated carbocycles. The zero-order chi connectivity index (χ0) is 26.8. The minimum atomic E-state index is -0.876. The number of likely N-dealkylation sites (N-methyl/N-ethyl adjacent to an activating group) is 1. The maximum Gasteiger partial charge on any atom is 0.322 e. The van der Waals surface area contributed by atoms with E-state index in [1.54, 1.807) is 13.1 Å². The highest BCUT2D eigenvalue weighted by molar-refractivity contribution is 6.03. The average molecular weight is 520 g/mol. The van der Waals surface area contributed by atoms with Gasteiger partial charge in [0.15, 0.2) is 0 Å². The van der Waals surface area contributed by atoms with Crippen LogP contribution in [0, 0.1) is 10.1 Å². The lowest BCUT2D eigenvalue weighted by molar-refractivity contribution is -0.384. The number of nitrogens with zero attached hydrogens (tertiary/aromatic N) is 3. The highest BCUT2D eigenvalue weighted by Gasteiger charge is 2.46. The van der Waals surface area contributed by atoms with Gasteiger partial charge in [-0.05, 0) is 24.0 Å². The highest BCUT2D eigenvalue weighted by Crippen LogP contribution is 2.37. The fourth-order valence-corrected chi connectivity index (χ4v) is 5.23. The molecule has 3 atom stereocenters. The summed E-state index contributed by atoms with van der Waals surface area (Å²) in [6.45, 7) is 1.09. The van der Waals surface area contributed by atoms with Gasteiger partial charge in [0.2, 0.25) is 5.91 Å². The molecule has 0 spiro atoms. The fraction of sp³-hybridized carbons (Fsp3) is 0.370. The van der Waals surface area contributed by atoms with Crippen LogP contribution in [0.15, 0.2) is 65.9 Å². The largest absolute Gasteiger partial charge is 0.376 e. The lowest BCUT2D eigenvalue weighted by Gasteiger charge is -2.31. The first-order valence-electron chi connectivity index (χ1n) is 12.6. The lowest BCUT2D eigenvalue weighted by atomic mass is 9.95. The molecule has 1 fully saturated rings. The predicted molar refractivity (Wildman–Crippen MR) is 137 cm³/mol. The number of benzene rings is 2. The average Bonchev–Trinajstić information content (AvgIpc) is 3.57.